The van der Waals surface area contributed by atoms with Gasteiger partial charge >= 0.3 is 0 Å². The molecule has 3 atom stereocenters. The predicted molar refractivity (Wildman–Crippen MR) is 202 cm³/mol. The second-order valence-corrected chi connectivity index (χ2v) is 14.6. The third kappa shape index (κ3) is 32.3. The van der Waals surface area contributed by atoms with Gasteiger partial charge in [0.25, 0.3) is 0 Å². The average Bonchev–Trinajstić information content (AvgIpc) is 3.03. The fraction of sp³-hybridized carbons (Fsp3) is 1.00. The Morgan fingerprint density at radius 1 is 0.370 bits per heavy atom. The van der Waals surface area contributed by atoms with Crippen LogP contribution in [-0.2, 0) is 0 Å². The van der Waals surface area contributed by atoms with E-state index in [1.807, 2.05) is 0 Å². The van der Waals surface area contributed by atoms with Crippen LogP contribution in [0, 0.1) is 0 Å². The average molecular weight is 656 g/mol. The van der Waals surface area contributed by atoms with E-state index < -0.39 is 0 Å². The van der Waals surface area contributed by atoms with Crippen LogP contribution in [0.25, 0.3) is 0 Å². The van der Waals surface area contributed by atoms with E-state index in [1.165, 1.54) is 135 Å². The van der Waals surface area contributed by atoms with Crippen molar-refractivity contribution in [1.82, 2.24) is 9.80 Å². The zero-order valence-electron chi connectivity index (χ0n) is 31.6. The predicted octanol–water partition coefficient (Wildman–Crippen LogP) is 9.22. The molecule has 3 unspecified atom stereocenters. The van der Waals surface area contributed by atoms with E-state index in [0.717, 1.165) is 58.2 Å². The van der Waals surface area contributed by atoms with Crippen LogP contribution in [-0.4, -0.2) is 89.2 Å². The summed E-state index contributed by atoms with van der Waals surface area (Å²) in [6, 6.07) is 0. The molecule has 0 amide bonds. The fourth-order valence-corrected chi connectivity index (χ4v) is 6.73. The van der Waals surface area contributed by atoms with E-state index in [-0.39, 0.29) is 18.3 Å². The second kappa shape index (κ2) is 36.1. The summed E-state index contributed by atoms with van der Waals surface area (Å²) in [4.78, 5) is 4.57. The van der Waals surface area contributed by atoms with Crippen LogP contribution in [0.5, 0.6) is 0 Å². The highest BCUT2D eigenvalue weighted by molar-refractivity contribution is 4.73. The van der Waals surface area contributed by atoms with Gasteiger partial charge < -0.3 is 21.1 Å². The number of nitrogens with two attached hydrogens (primary N) is 1. The molecule has 6 nitrogen and oxygen atoms in total. The van der Waals surface area contributed by atoms with Crippen molar-refractivity contribution >= 4 is 0 Å². The molecule has 0 aliphatic rings. The molecule has 0 rings (SSSR count). The maximum absolute atomic E-state index is 11.0. The van der Waals surface area contributed by atoms with Crippen molar-refractivity contribution < 1.29 is 15.3 Å². The molecule has 0 aromatic heterocycles. The third-order valence-corrected chi connectivity index (χ3v) is 9.76. The van der Waals surface area contributed by atoms with Crippen LogP contribution in [0.4, 0.5) is 0 Å². The Kier molecular flexibility index (Phi) is 35.9. The molecular formula is C40H85N3O3. The zero-order valence-corrected chi connectivity index (χ0v) is 31.6. The number of unbranched alkanes of at least 4 members (excludes halogenated alkanes) is 21. The minimum Gasteiger partial charge on any atom is -0.392 e. The first-order chi connectivity index (χ1) is 22.5. The topological polar surface area (TPSA) is 93.2 Å². The molecule has 5 N–H and O–H groups in total. The minimum atomic E-state index is -0.356. The Hall–Kier alpha value is -0.240. The summed E-state index contributed by atoms with van der Waals surface area (Å²) in [6.45, 7) is 11.6. The van der Waals surface area contributed by atoms with Gasteiger partial charge in [-0.3, -0.25) is 9.80 Å². The molecule has 0 spiro atoms. The van der Waals surface area contributed by atoms with Crippen molar-refractivity contribution in [3.63, 3.8) is 0 Å². The first kappa shape index (κ1) is 45.8. The smallest absolute Gasteiger partial charge is 0.0667 e. The Morgan fingerprint density at radius 3 is 0.935 bits per heavy atom. The molecule has 0 radical (unpaired) electrons. The highest BCUT2D eigenvalue weighted by Crippen LogP contribution is 2.15. The summed E-state index contributed by atoms with van der Waals surface area (Å²) in [5, 5.41) is 32.7. The largest absolute Gasteiger partial charge is 0.392 e. The van der Waals surface area contributed by atoms with Crippen molar-refractivity contribution in [3.05, 3.63) is 0 Å². The van der Waals surface area contributed by atoms with Crippen molar-refractivity contribution in [2.45, 2.75) is 212 Å². The van der Waals surface area contributed by atoms with Gasteiger partial charge in [-0.2, -0.15) is 0 Å². The molecule has 0 aromatic rings. The van der Waals surface area contributed by atoms with Gasteiger partial charge in [0.1, 0.15) is 0 Å². The minimum absolute atomic E-state index is 0.319. The Labute approximate surface area is 288 Å². The van der Waals surface area contributed by atoms with E-state index in [0.29, 0.717) is 26.2 Å². The number of rotatable bonds is 38. The van der Waals surface area contributed by atoms with Crippen molar-refractivity contribution in [2.75, 3.05) is 45.8 Å². The van der Waals surface area contributed by atoms with Gasteiger partial charge in [-0.1, -0.05) is 175 Å². The summed E-state index contributed by atoms with van der Waals surface area (Å²) in [7, 11) is 0. The maximum Gasteiger partial charge on any atom is 0.0667 e. The van der Waals surface area contributed by atoms with Gasteiger partial charge in [0.2, 0.25) is 0 Å². The van der Waals surface area contributed by atoms with E-state index >= 15 is 0 Å². The van der Waals surface area contributed by atoms with Crippen molar-refractivity contribution in [3.8, 4) is 0 Å². The maximum atomic E-state index is 11.0. The molecule has 46 heavy (non-hydrogen) atoms. The molecule has 0 saturated heterocycles. The summed E-state index contributed by atoms with van der Waals surface area (Å²) in [5.74, 6) is 0. The summed E-state index contributed by atoms with van der Waals surface area (Å²) < 4.78 is 0. The first-order valence-electron chi connectivity index (χ1n) is 20.7. The molecule has 0 saturated carbocycles. The van der Waals surface area contributed by atoms with E-state index in [9.17, 15) is 15.3 Å². The molecule has 278 valence electrons. The molecule has 0 fully saturated rings. The van der Waals surface area contributed by atoms with Crippen LogP contribution in [0.15, 0.2) is 0 Å². The lowest BCUT2D eigenvalue weighted by Crippen LogP contribution is -2.45. The number of aliphatic hydroxyl groups excluding tert-OH is 3. The summed E-state index contributed by atoms with van der Waals surface area (Å²) in [6.07, 6.45) is 32.1. The first-order valence-corrected chi connectivity index (χ1v) is 20.7. The molecule has 0 aliphatic carbocycles. The third-order valence-electron chi connectivity index (χ3n) is 9.76. The Balaban J connectivity index is 4.68. The molecule has 0 aliphatic heterocycles. The van der Waals surface area contributed by atoms with E-state index in [1.54, 1.807) is 0 Å². The summed E-state index contributed by atoms with van der Waals surface area (Å²) >= 11 is 0. The fourth-order valence-electron chi connectivity index (χ4n) is 6.73. The lowest BCUT2D eigenvalue weighted by atomic mass is 10.0. The Bertz CT molecular complexity index is 554. The van der Waals surface area contributed by atoms with Gasteiger partial charge in [-0.25, -0.2) is 0 Å². The second-order valence-electron chi connectivity index (χ2n) is 14.6. The lowest BCUT2D eigenvalue weighted by molar-refractivity contribution is 0.0486. The lowest BCUT2D eigenvalue weighted by Gasteiger charge is -2.31. The van der Waals surface area contributed by atoms with Crippen LogP contribution >= 0.6 is 0 Å². The van der Waals surface area contributed by atoms with Crippen molar-refractivity contribution in [1.29, 1.82) is 0 Å². The number of nitrogens with zero attached hydrogens (tertiary/aromatic N) is 2. The van der Waals surface area contributed by atoms with Gasteiger partial charge in [-0.15, -0.1) is 0 Å². The highest BCUT2D eigenvalue weighted by Gasteiger charge is 2.18. The van der Waals surface area contributed by atoms with Crippen molar-refractivity contribution in [2.24, 2.45) is 5.73 Å². The molecular weight excluding hydrogens is 570 g/mol. The number of aliphatic hydroxyl groups is 3. The molecule has 0 aromatic carbocycles. The number of hydrogen-bond donors (Lipinski definition) is 4. The van der Waals surface area contributed by atoms with Gasteiger partial charge in [0.05, 0.1) is 18.3 Å². The summed E-state index contributed by atoms with van der Waals surface area (Å²) in [5.41, 5.74) is 5.97. The number of hydrogen-bond acceptors (Lipinski definition) is 6. The van der Waals surface area contributed by atoms with Crippen LogP contribution in [0.2, 0.25) is 0 Å². The van der Waals surface area contributed by atoms with Gasteiger partial charge in [-0.05, 0) is 19.3 Å². The normalized spacial score (nSPS) is 14.0. The van der Waals surface area contributed by atoms with E-state index in [4.69, 9.17) is 5.73 Å². The van der Waals surface area contributed by atoms with Gasteiger partial charge in [0, 0.05) is 45.8 Å². The van der Waals surface area contributed by atoms with Crippen LogP contribution in [0.1, 0.15) is 194 Å². The molecule has 0 heterocycles. The SMILES string of the molecule is CCCCCCCCCCC(O)CN(CCN)CCN(CC(O)CCCCCCCCCC)CC(O)CCCCCCCCCC. The zero-order chi connectivity index (χ0) is 33.9. The van der Waals surface area contributed by atoms with E-state index in [2.05, 4.69) is 30.6 Å². The quantitative estimate of drug-likeness (QED) is 0.0496. The molecule has 6 heteroatoms. The monoisotopic (exact) mass is 656 g/mol. The van der Waals surface area contributed by atoms with Gasteiger partial charge in [0.15, 0.2) is 0 Å². The standard InChI is InChI=1S/C40H85N3O3/c1-4-7-10-13-16-19-22-25-28-38(44)35-42(32-31-41)33-34-43(36-39(45)29-26-23-20-17-14-11-8-5-2)37-40(46)30-27-24-21-18-15-12-9-6-3/h38-40,44-46H,4-37,41H2,1-3H3. The van der Waals surface area contributed by atoms with Crippen LogP contribution < -0.4 is 5.73 Å². The highest BCUT2D eigenvalue weighted by atomic mass is 16.3. The Morgan fingerprint density at radius 2 is 0.630 bits per heavy atom. The van der Waals surface area contributed by atoms with Crippen LogP contribution in [0.3, 0.4) is 0 Å². The molecule has 0 bridgehead atoms.